The maximum absolute atomic E-state index is 11.4. The van der Waals surface area contributed by atoms with Crippen molar-refractivity contribution < 1.29 is 4.79 Å². The van der Waals surface area contributed by atoms with Crippen LogP contribution in [0.2, 0.25) is 0 Å². The Hall–Kier alpha value is -1.71. The Morgan fingerprint density at radius 1 is 1.29 bits per heavy atom. The molecule has 0 saturated heterocycles. The Morgan fingerprint density at radius 2 is 1.94 bits per heavy atom. The highest BCUT2D eigenvalue weighted by Crippen LogP contribution is 2.16. The number of hydrogen-bond donors (Lipinski definition) is 2. The molecule has 0 radical (unpaired) electrons. The lowest BCUT2D eigenvalue weighted by Crippen LogP contribution is -2.30. The highest BCUT2D eigenvalue weighted by molar-refractivity contribution is 5.76. The van der Waals surface area contributed by atoms with Gasteiger partial charge < -0.3 is 16.0 Å². The predicted molar refractivity (Wildman–Crippen MR) is 72.0 cm³/mol. The van der Waals surface area contributed by atoms with Gasteiger partial charge in [0.05, 0.1) is 0 Å². The maximum atomic E-state index is 11.4. The van der Waals surface area contributed by atoms with E-state index < -0.39 is 0 Å². The van der Waals surface area contributed by atoms with E-state index in [2.05, 4.69) is 17.1 Å². The minimum Gasteiger partial charge on any atom is -0.399 e. The first-order valence-electron chi connectivity index (χ1n) is 6.04. The molecule has 0 unspecified atom stereocenters. The molecule has 1 rings (SSSR count). The first-order valence-corrected chi connectivity index (χ1v) is 6.04. The fourth-order valence-corrected chi connectivity index (χ4v) is 1.68. The number of nitrogen functional groups attached to an aromatic ring is 1. The fraction of sp³-hybridized carbons (Fsp3) is 0.462. The summed E-state index contributed by atoms with van der Waals surface area (Å²) in [5, 5.41) is 2.80. The number of amides is 1. The van der Waals surface area contributed by atoms with Crippen LogP contribution in [0, 0.1) is 0 Å². The quantitative estimate of drug-likeness (QED) is 0.737. The Bertz CT molecular complexity index is 348. The average Bonchev–Trinajstić information content (AvgIpc) is 2.32. The molecule has 1 amide bonds. The highest BCUT2D eigenvalue weighted by Gasteiger charge is 2.06. The number of carbonyl (C=O) groups is 1. The molecule has 0 aromatic heterocycles. The van der Waals surface area contributed by atoms with Crippen LogP contribution in [0.15, 0.2) is 24.3 Å². The second-order valence-electron chi connectivity index (χ2n) is 3.87. The van der Waals surface area contributed by atoms with Crippen molar-refractivity contribution in [3.05, 3.63) is 24.3 Å². The van der Waals surface area contributed by atoms with E-state index >= 15 is 0 Å². The van der Waals surface area contributed by atoms with Gasteiger partial charge in [-0.3, -0.25) is 4.79 Å². The Morgan fingerprint density at radius 3 is 2.47 bits per heavy atom. The lowest BCUT2D eigenvalue weighted by Gasteiger charge is -2.22. The molecule has 0 aliphatic carbocycles. The molecule has 0 spiro atoms. The summed E-state index contributed by atoms with van der Waals surface area (Å²) in [7, 11) is 0. The van der Waals surface area contributed by atoms with Crippen LogP contribution in [0.5, 0.6) is 0 Å². The summed E-state index contributed by atoms with van der Waals surface area (Å²) < 4.78 is 0. The van der Waals surface area contributed by atoms with Crippen LogP contribution >= 0.6 is 0 Å². The number of hydrogen-bond acceptors (Lipinski definition) is 3. The van der Waals surface area contributed by atoms with Gasteiger partial charge in [0, 0.05) is 37.4 Å². The largest absolute Gasteiger partial charge is 0.399 e. The number of carbonyl (C=O) groups excluding carboxylic acids is 1. The predicted octanol–water partition coefficient (Wildman–Crippen LogP) is 1.62. The van der Waals surface area contributed by atoms with Crippen molar-refractivity contribution in [1.29, 1.82) is 0 Å². The van der Waals surface area contributed by atoms with E-state index in [1.54, 1.807) is 0 Å². The van der Waals surface area contributed by atoms with Gasteiger partial charge in [-0.2, -0.15) is 0 Å². The summed E-state index contributed by atoms with van der Waals surface area (Å²) in [6.07, 6.45) is 0.520. The standard InChI is InChI=1S/C13H21N3O/c1-3-15-13(17)9-10-16(4-2)12-7-5-11(14)6-8-12/h5-8H,3-4,9-10,14H2,1-2H3,(H,15,17). The number of nitrogens with two attached hydrogens (primary N) is 1. The van der Waals surface area contributed by atoms with Crippen LogP contribution in [0.3, 0.4) is 0 Å². The summed E-state index contributed by atoms with van der Waals surface area (Å²) in [5.41, 5.74) is 7.51. The minimum absolute atomic E-state index is 0.0985. The van der Waals surface area contributed by atoms with E-state index in [0.29, 0.717) is 13.0 Å². The SMILES string of the molecule is CCNC(=O)CCN(CC)c1ccc(N)cc1. The Labute approximate surface area is 103 Å². The third-order valence-corrected chi connectivity index (χ3v) is 2.62. The molecule has 0 aliphatic rings. The van der Waals surface area contributed by atoms with Gasteiger partial charge in [-0.25, -0.2) is 0 Å². The molecule has 94 valence electrons. The number of nitrogens with one attached hydrogen (secondary N) is 1. The first kappa shape index (κ1) is 13.4. The van der Waals surface area contributed by atoms with Crippen LogP contribution in [0.4, 0.5) is 11.4 Å². The van der Waals surface area contributed by atoms with Gasteiger partial charge in [0.15, 0.2) is 0 Å². The Balaban J connectivity index is 2.54. The lowest BCUT2D eigenvalue weighted by atomic mass is 10.2. The van der Waals surface area contributed by atoms with Gasteiger partial charge in [0.2, 0.25) is 5.91 Å². The number of nitrogens with zero attached hydrogens (tertiary/aromatic N) is 1. The third-order valence-electron chi connectivity index (χ3n) is 2.62. The van der Waals surface area contributed by atoms with Gasteiger partial charge in [0.25, 0.3) is 0 Å². The molecule has 0 heterocycles. The smallest absolute Gasteiger partial charge is 0.221 e. The summed E-state index contributed by atoms with van der Waals surface area (Å²) >= 11 is 0. The second kappa shape index (κ2) is 6.78. The maximum Gasteiger partial charge on any atom is 0.221 e. The van der Waals surface area contributed by atoms with E-state index in [-0.39, 0.29) is 5.91 Å². The van der Waals surface area contributed by atoms with Crippen molar-refractivity contribution in [2.24, 2.45) is 0 Å². The summed E-state index contributed by atoms with van der Waals surface area (Å²) in [4.78, 5) is 13.6. The molecular formula is C13H21N3O. The molecular weight excluding hydrogens is 214 g/mol. The lowest BCUT2D eigenvalue weighted by molar-refractivity contribution is -0.120. The normalized spacial score (nSPS) is 10.0. The molecule has 1 aromatic rings. The molecule has 1 aromatic carbocycles. The summed E-state index contributed by atoms with van der Waals surface area (Å²) in [6, 6.07) is 7.72. The molecule has 0 atom stereocenters. The molecule has 4 heteroatoms. The number of benzene rings is 1. The van der Waals surface area contributed by atoms with Crippen molar-refractivity contribution in [3.8, 4) is 0 Å². The summed E-state index contributed by atoms with van der Waals surface area (Å²) in [6.45, 7) is 6.30. The number of anilines is 2. The first-order chi connectivity index (χ1) is 8.17. The van der Waals surface area contributed by atoms with Gasteiger partial charge in [-0.15, -0.1) is 0 Å². The zero-order valence-electron chi connectivity index (χ0n) is 10.6. The van der Waals surface area contributed by atoms with Crippen molar-refractivity contribution >= 4 is 17.3 Å². The van der Waals surface area contributed by atoms with Crippen LogP contribution in [0.25, 0.3) is 0 Å². The van der Waals surface area contributed by atoms with Crippen LogP contribution in [0.1, 0.15) is 20.3 Å². The third kappa shape index (κ3) is 4.34. The fourth-order valence-electron chi connectivity index (χ4n) is 1.68. The zero-order valence-corrected chi connectivity index (χ0v) is 10.6. The van der Waals surface area contributed by atoms with Gasteiger partial charge in [0.1, 0.15) is 0 Å². The number of rotatable bonds is 6. The zero-order chi connectivity index (χ0) is 12.7. The molecule has 0 saturated carbocycles. The van der Waals surface area contributed by atoms with Crippen molar-refractivity contribution in [3.63, 3.8) is 0 Å². The van der Waals surface area contributed by atoms with Crippen molar-refractivity contribution in [2.45, 2.75) is 20.3 Å². The van der Waals surface area contributed by atoms with Crippen LogP contribution in [-0.2, 0) is 4.79 Å². The second-order valence-corrected chi connectivity index (χ2v) is 3.87. The summed E-state index contributed by atoms with van der Waals surface area (Å²) in [5.74, 6) is 0.0985. The van der Waals surface area contributed by atoms with Crippen LogP contribution in [-0.4, -0.2) is 25.5 Å². The van der Waals surface area contributed by atoms with E-state index in [0.717, 1.165) is 24.5 Å². The van der Waals surface area contributed by atoms with E-state index in [1.807, 2.05) is 31.2 Å². The molecule has 0 aliphatic heterocycles. The van der Waals surface area contributed by atoms with Crippen LogP contribution < -0.4 is 16.0 Å². The molecule has 3 N–H and O–H groups in total. The van der Waals surface area contributed by atoms with Crippen molar-refractivity contribution in [2.75, 3.05) is 30.3 Å². The molecule has 4 nitrogen and oxygen atoms in total. The molecule has 0 fully saturated rings. The monoisotopic (exact) mass is 235 g/mol. The highest BCUT2D eigenvalue weighted by atomic mass is 16.1. The van der Waals surface area contributed by atoms with Crippen molar-refractivity contribution in [1.82, 2.24) is 5.32 Å². The molecule has 17 heavy (non-hydrogen) atoms. The average molecular weight is 235 g/mol. The van der Waals surface area contributed by atoms with E-state index in [9.17, 15) is 4.79 Å². The van der Waals surface area contributed by atoms with Gasteiger partial charge in [-0.1, -0.05) is 0 Å². The minimum atomic E-state index is 0.0985. The van der Waals surface area contributed by atoms with E-state index in [1.165, 1.54) is 0 Å². The topological polar surface area (TPSA) is 58.4 Å². The van der Waals surface area contributed by atoms with Gasteiger partial charge >= 0.3 is 0 Å². The van der Waals surface area contributed by atoms with E-state index in [4.69, 9.17) is 5.73 Å². The molecule has 0 bridgehead atoms. The van der Waals surface area contributed by atoms with Gasteiger partial charge in [-0.05, 0) is 38.1 Å². The Kier molecular flexibility index (Phi) is 5.33.